The van der Waals surface area contributed by atoms with E-state index in [0.29, 0.717) is 0 Å². The summed E-state index contributed by atoms with van der Waals surface area (Å²) in [5, 5.41) is 11.8. The molecule has 0 rings (SSSR count). The van der Waals surface area contributed by atoms with Crippen LogP contribution in [0.25, 0.3) is 0 Å². The maximum atomic E-state index is 10.8. The summed E-state index contributed by atoms with van der Waals surface area (Å²) in [6, 6.07) is 0.241. The van der Waals surface area contributed by atoms with Gasteiger partial charge < -0.3 is 10.3 Å². The van der Waals surface area contributed by atoms with Crippen molar-refractivity contribution >= 4 is 0 Å². The molecule has 50 valence electrons. The van der Waals surface area contributed by atoms with Crippen LogP contribution >= 0.6 is 0 Å². The summed E-state index contributed by atoms with van der Waals surface area (Å²) in [6.07, 6.45) is 0. The van der Waals surface area contributed by atoms with Crippen LogP contribution < -0.4 is 0 Å². The van der Waals surface area contributed by atoms with Crippen LogP contribution in [0.2, 0.25) is 0 Å². The van der Waals surface area contributed by atoms with Crippen LogP contribution in [0, 0.1) is 5.21 Å². The lowest BCUT2D eigenvalue weighted by atomic mass is 10.3. The molecule has 0 N–H and O–H groups in total. The van der Waals surface area contributed by atoms with E-state index >= 15 is 0 Å². The number of hydrogen-bond acceptors (Lipinski definition) is 2. The summed E-state index contributed by atoms with van der Waals surface area (Å²) in [5.74, 6) is 0. The Balaban J connectivity index is 3.46. The summed E-state index contributed by atoms with van der Waals surface area (Å²) in [5.41, 5.74) is 0. The van der Waals surface area contributed by atoms with Gasteiger partial charge >= 0.3 is 0 Å². The van der Waals surface area contributed by atoms with Gasteiger partial charge in [0.25, 0.3) is 0 Å². The monoisotopic (exact) mass is 116 g/mol. The van der Waals surface area contributed by atoms with Crippen LogP contribution in [0.4, 0.5) is 0 Å². The van der Waals surface area contributed by atoms with Gasteiger partial charge in [-0.1, -0.05) is 27.7 Å². The molecule has 0 aromatic carbocycles. The van der Waals surface area contributed by atoms with E-state index in [4.69, 9.17) is 0 Å². The first kappa shape index (κ1) is 7.92. The molecule has 0 spiro atoms. The Labute approximate surface area is 51.1 Å². The van der Waals surface area contributed by atoms with Gasteiger partial charge in [-0.05, 0) is 12.1 Å². The summed E-state index contributed by atoms with van der Waals surface area (Å²) >= 11 is 0. The van der Waals surface area contributed by atoms with Crippen molar-refractivity contribution in [1.29, 1.82) is 0 Å². The van der Waals surface area contributed by atoms with Gasteiger partial charge in [0.1, 0.15) is 0 Å². The van der Waals surface area contributed by atoms with Crippen LogP contribution in [0.5, 0.6) is 0 Å². The molecule has 0 unspecified atom stereocenters. The van der Waals surface area contributed by atoms with Crippen LogP contribution in [0.15, 0.2) is 0 Å². The molecule has 0 radical (unpaired) electrons. The van der Waals surface area contributed by atoms with Gasteiger partial charge in [0, 0.05) is 0 Å². The quantitative estimate of drug-likeness (QED) is 0.512. The zero-order chi connectivity index (χ0) is 6.73. The van der Waals surface area contributed by atoms with Gasteiger partial charge in [-0.2, -0.15) is 0 Å². The smallest absolute Gasteiger partial charge is 0.00820 e. The fourth-order valence-electron chi connectivity index (χ4n) is 0.596. The van der Waals surface area contributed by atoms with Crippen molar-refractivity contribution < 1.29 is 0 Å². The molecule has 2 nitrogen and oxygen atoms in total. The highest BCUT2D eigenvalue weighted by molar-refractivity contribution is 4.65. The Kier molecular flexibility index (Phi) is 3.02. The second-order valence-electron chi connectivity index (χ2n) is 2.55. The van der Waals surface area contributed by atoms with Crippen LogP contribution in [-0.2, 0) is 0 Å². The first-order chi connectivity index (χ1) is 3.55. The van der Waals surface area contributed by atoms with Crippen molar-refractivity contribution in [2.45, 2.75) is 39.8 Å². The maximum Gasteiger partial charge on any atom is -0.00820 e. The van der Waals surface area contributed by atoms with Gasteiger partial charge in [0.05, 0.1) is 0 Å². The van der Waals surface area contributed by atoms with E-state index in [1.54, 1.807) is 0 Å². The van der Waals surface area contributed by atoms with Crippen molar-refractivity contribution in [3.63, 3.8) is 0 Å². The van der Waals surface area contributed by atoms with E-state index < -0.39 is 0 Å². The minimum Gasteiger partial charge on any atom is -0.785 e. The van der Waals surface area contributed by atoms with Crippen molar-refractivity contribution in [3.05, 3.63) is 5.21 Å². The minimum absolute atomic E-state index is 0.120. The SMILES string of the molecule is CC(C)N([O-])C(C)C. The number of hydrogen-bond donors (Lipinski definition) is 0. The molecule has 0 aliphatic rings. The fraction of sp³-hybridized carbons (Fsp3) is 1.00. The fourth-order valence-corrected chi connectivity index (χ4v) is 0.596. The highest BCUT2D eigenvalue weighted by Gasteiger charge is 1.98. The zero-order valence-electron chi connectivity index (χ0n) is 6.01. The molecule has 0 bridgehead atoms. The van der Waals surface area contributed by atoms with Crippen LogP contribution in [0.3, 0.4) is 0 Å². The highest BCUT2D eigenvalue weighted by atomic mass is 16.5. The molecule has 2 heteroatoms. The molecule has 0 aliphatic heterocycles. The molecule has 0 amide bonds. The van der Waals surface area contributed by atoms with Gasteiger partial charge in [-0.25, -0.2) is 0 Å². The predicted octanol–water partition coefficient (Wildman–Crippen LogP) is 1.60. The lowest BCUT2D eigenvalue weighted by molar-refractivity contribution is 0.257. The number of hydroxylamine groups is 2. The Hall–Kier alpha value is -0.0800. The normalized spacial score (nSPS) is 12.0. The second kappa shape index (κ2) is 3.05. The summed E-state index contributed by atoms with van der Waals surface area (Å²) in [4.78, 5) is 0. The standard InChI is InChI=1S/C6H14NO/c1-5(2)7(8)6(3)4/h5-6H,1-4H3/q-1. The molecule has 0 aromatic heterocycles. The second-order valence-corrected chi connectivity index (χ2v) is 2.55. The molecule has 0 aliphatic carbocycles. The third-order valence-corrected chi connectivity index (χ3v) is 1.02. The Morgan fingerprint density at radius 3 is 1.25 bits per heavy atom. The topological polar surface area (TPSA) is 26.3 Å². The summed E-state index contributed by atoms with van der Waals surface area (Å²) in [6.45, 7) is 7.58. The molecular formula is C6H14NO-. The molecule has 0 fully saturated rings. The van der Waals surface area contributed by atoms with E-state index in [9.17, 15) is 5.21 Å². The van der Waals surface area contributed by atoms with E-state index in [0.717, 1.165) is 5.06 Å². The van der Waals surface area contributed by atoms with Gasteiger partial charge in [0.2, 0.25) is 0 Å². The average Bonchev–Trinajstić information content (AvgIpc) is 1.64. The van der Waals surface area contributed by atoms with Crippen molar-refractivity contribution in [3.8, 4) is 0 Å². The van der Waals surface area contributed by atoms with Crippen molar-refractivity contribution in [2.24, 2.45) is 0 Å². The van der Waals surface area contributed by atoms with Crippen LogP contribution in [0.1, 0.15) is 27.7 Å². The summed E-state index contributed by atoms with van der Waals surface area (Å²) in [7, 11) is 0. The first-order valence-corrected chi connectivity index (χ1v) is 3.01. The lowest BCUT2D eigenvalue weighted by Crippen LogP contribution is -2.30. The van der Waals surface area contributed by atoms with E-state index in [2.05, 4.69) is 0 Å². The molecular weight excluding hydrogens is 102 g/mol. The molecule has 0 saturated carbocycles. The van der Waals surface area contributed by atoms with E-state index in [1.807, 2.05) is 27.7 Å². The van der Waals surface area contributed by atoms with Crippen molar-refractivity contribution in [1.82, 2.24) is 5.06 Å². The first-order valence-electron chi connectivity index (χ1n) is 3.01. The molecule has 0 heterocycles. The Morgan fingerprint density at radius 1 is 1.00 bits per heavy atom. The van der Waals surface area contributed by atoms with Crippen molar-refractivity contribution in [2.75, 3.05) is 0 Å². The van der Waals surface area contributed by atoms with Gasteiger partial charge in [-0.15, -0.1) is 0 Å². The molecule has 0 aromatic rings. The third kappa shape index (κ3) is 2.28. The minimum atomic E-state index is 0.120. The molecule has 0 saturated heterocycles. The van der Waals surface area contributed by atoms with Crippen LogP contribution in [-0.4, -0.2) is 17.1 Å². The largest absolute Gasteiger partial charge is 0.785 e. The Morgan fingerprint density at radius 2 is 1.25 bits per heavy atom. The third-order valence-electron chi connectivity index (χ3n) is 1.02. The van der Waals surface area contributed by atoms with Gasteiger partial charge in [0.15, 0.2) is 0 Å². The zero-order valence-corrected chi connectivity index (χ0v) is 6.01. The average molecular weight is 116 g/mol. The number of rotatable bonds is 2. The Bertz CT molecular complexity index is 53.5. The lowest BCUT2D eigenvalue weighted by Gasteiger charge is -2.36. The maximum absolute atomic E-state index is 10.8. The van der Waals surface area contributed by atoms with E-state index in [1.165, 1.54) is 0 Å². The van der Waals surface area contributed by atoms with Gasteiger partial charge in [-0.3, -0.25) is 0 Å². The molecule has 0 atom stereocenters. The molecule has 8 heavy (non-hydrogen) atoms. The number of nitrogens with zero attached hydrogens (tertiary/aromatic N) is 1. The van der Waals surface area contributed by atoms with E-state index in [-0.39, 0.29) is 12.1 Å². The predicted molar refractivity (Wildman–Crippen MR) is 35.5 cm³/mol. The highest BCUT2D eigenvalue weighted by Crippen LogP contribution is 1.99. The summed E-state index contributed by atoms with van der Waals surface area (Å²) < 4.78 is 0.